The van der Waals surface area contributed by atoms with Crippen molar-refractivity contribution in [3.63, 3.8) is 0 Å². The van der Waals surface area contributed by atoms with Crippen LogP contribution in [0.5, 0.6) is 0 Å². The maximum atomic E-state index is 13.5. The van der Waals surface area contributed by atoms with Gasteiger partial charge in [0.1, 0.15) is 17.2 Å². The van der Waals surface area contributed by atoms with Crippen LogP contribution in [0.25, 0.3) is 11.0 Å². The van der Waals surface area contributed by atoms with Crippen LogP contribution in [0.2, 0.25) is 5.02 Å². The first-order chi connectivity index (χ1) is 14.0. The van der Waals surface area contributed by atoms with Crippen molar-refractivity contribution in [3.05, 3.63) is 105 Å². The van der Waals surface area contributed by atoms with Crippen molar-refractivity contribution in [2.75, 3.05) is 4.90 Å². The van der Waals surface area contributed by atoms with Crippen LogP contribution in [-0.4, -0.2) is 10.9 Å². The number of aromatic nitrogens is 1. The molecule has 1 amide bonds. The monoisotopic (exact) mass is 406 g/mol. The van der Waals surface area contributed by atoms with Gasteiger partial charge in [-0.3, -0.25) is 14.5 Å². The number of anilines is 1. The fourth-order valence-corrected chi connectivity index (χ4v) is 3.81. The van der Waals surface area contributed by atoms with Crippen LogP contribution in [0.15, 0.2) is 76.1 Å². The highest BCUT2D eigenvalue weighted by atomic mass is 35.5. The molecule has 0 aliphatic carbocycles. The van der Waals surface area contributed by atoms with Crippen molar-refractivity contribution in [3.8, 4) is 0 Å². The number of rotatable bonds is 2. The van der Waals surface area contributed by atoms with Crippen LogP contribution in [0.4, 0.5) is 10.2 Å². The van der Waals surface area contributed by atoms with E-state index in [4.69, 9.17) is 16.0 Å². The molecule has 0 bridgehead atoms. The molecule has 2 aromatic heterocycles. The average molecular weight is 407 g/mol. The molecule has 0 unspecified atom stereocenters. The number of halogens is 2. The number of hydrogen-bond acceptors (Lipinski definition) is 4. The molecule has 0 saturated heterocycles. The van der Waals surface area contributed by atoms with Crippen molar-refractivity contribution in [1.82, 2.24) is 4.98 Å². The SMILES string of the molecule is O=C1c2oc3ccc(Cl)cc3c(=O)c2[C@H](c2ccc(F)cc2)N1c1ccccn1. The van der Waals surface area contributed by atoms with E-state index in [9.17, 15) is 14.0 Å². The molecule has 5 rings (SSSR count). The van der Waals surface area contributed by atoms with Gasteiger partial charge in [-0.25, -0.2) is 9.37 Å². The summed E-state index contributed by atoms with van der Waals surface area (Å²) in [6.45, 7) is 0. The Labute approximate surface area is 169 Å². The molecule has 4 aromatic rings. The molecule has 7 heteroatoms. The molecule has 3 heterocycles. The molecule has 5 nitrogen and oxygen atoms in total. The smallest absolute Gasteiger partial charge is 0.296 e. The Kier molecular flexibility index (Phi) is 3.96. The molecule has 1 aliphatic rings. The summed E-state index contributed by atoms with van der Waals surface area (Å²) in [5, 5.41) is 0.660. The van der Waals surface area contributed by atoms with E-state index in [0.29, 0.717) is 16.4 Å². The molecular formula is C22H12ClFN2O3. The first kappa shape index (κ1) is 17.6. The molecule has 2 aromatic carbocycles. The maximum Gasteiger partial charge on any atom is 0.296 e. The fourth-order valence-electron chi connectivity index (χ4n) is 3.64. The summed E-state index contributed by atoms with van der Waals surface area (Å²) in [5.74, 6) is -0.591. The van der Waals surface area contributed by atoms with Crippen molar-refractivity contribution >= 4 is 34.3 Å². The fraction of sp³-hybridized carbons (Fsp3) is 0.0455. The average Bonchev–Trinajstić information content (AvgIpc) is 3.03. The summed E-state index contributed by atoms with van der Waals surface area (Å²) in [7, 11) is 0. The Bertz CT molecular complexity index is 1320. The number of fused-ring (bicyclic) bond motifs is 2. The van der Waals surface area contributed by atoms with Gasteiger partial charge in [0, 0.05) is 11.2 Å². The summed E-state index contributed by atoms with van der Waals surface area (Å²) in [6.07, 6.45) is 1.55. The highest BCUT2D eigenvalue weighted by Crippen LogP contribution is 2.40. The zero-order chi connectivity index (χ0) is 20.1. The largest absolute Gasteiger partial charge is 0.450 e. The second-order valence-electron chi connectivity index (χ2n) is 6.63. The third-order valence-electron chi connectivity index (χ3n) is 4.91. The number of amides is 1. The van der Waals surface area contributed by atoms with Crippen molar-refractivity contribution in [2.24, 2.45) is 0 Å². The van der Waals surface area contributed by atoms with Crippen LogP contribution >= 0.6 is 11.6 Å². The summed E-state index contributed by atoms with van der Waals surface area (Å²) in [5.41, 5.74) is 0.664. The highest BCUT2D eigenvalue weighted by Gasteiger charge is 2.44. The Hall–Kier alpha value is -3.51. The Balaban J connectivity index is 1.83. The number of benzene rings is 2. The van der Waals surface area contributed by atoms with E-state index < -0.39 is 17.8 Å². The van der Waals surface area contributed by atoms with Crippen LogP contribution in [0, 0.1) is 5.82 Å². The molecule has 1 aliphatic heterocycles. The second-order valence-corrected chi connectivity index (χ2v) is 7.07. The minimum atomic E-state index is -0.798. The van der Waals surface area contributed by atoms with E-state index in [2.05, 4.69) is 4.98 Å². The Morgan fingerprint density at radius 1 is 1.03 bits per heavy atom. The van der Waals surface area contributed by atoms with E-state index in [0.717, 1.165) is 0 Å². The number of nitrogens with zero attached hydrogens (tertiary/aromatic N) is 2. The number of pyridine rings is 1. The van der Waals surface area contributed by atoms with Gasteiger partial charge in [-0.15, -0.1) is 0 Å². The predicted octanol–water partition coefficient (Wildman–Crippen LogP) is 4.73. The number of carbonyl (C=O) groups is 1. The normalized spacial score (nSPS) is 15.7. The van der Waals surface area contributed by atoms with Crippen LogP contribution in [0.1, 0.15) is 27.7 Å². The summed E-state index contributed by atoms with van der Waals surface area (Å²) < 4.78 is 19.3. The Morgan fingerprint density at radius 2 is 1.83 bits per heavy atom. The van der Waals surface area contributed by atoms with Crippen LogP contribution in [0.3, 0.4) is 0 Å². The zero-order valence-corrected chi connectivity index (χ0v) is 15.6. The lowest BCUT2D eigenvalue weighted by Gasteiger charge is -2.24. The minimum absolute atomic E-state index is 0.0511. The van der Waals surface area contributed by atoms with Gasteiger partial charge in [-0.2, -0.15) is 0 Å². The van der Waals surface area contributed by atoms with Crippen LogP contribution < -0.4 is 10.3 Å². The first-order valence-electron chi connectivity index (χ1n) is 8.81. The lowest BCUT2D eigenvalue weighted by Crippen LogP contribution is -2.30. The second kappa shape index (κ2) is 6.53. The molecule has 29 heavy (non-hydrogen) atoms. The summed E-state index contributed by atoms with van der Waals surface area (Å²) in [6, 6.07) is 14.7. The van der Waals surface area contributed by atoms with Crippen molar-refractivity contribution in [1.29, 1.82) is 0 Å². The lowest BCUT2D eigenvalue weighted by atomic mass is 9.98. The minimum Gasteiger partial charge on any atom is -0.450 e. The van der Waals surface area contributed by atoms with Gasteiger partial charge in [0.2, 0.25) is 5.76 Å². The van der Waals surface area contributed by atoms with E-state index in [1.165, 1.54) is 23.1 Å². The van der Waals surface area contributed by atoms with Gasteiger partial charge in [-0.1, -0.05) is 29.8 Å². The molecule has 0 spiro atoms. The number of carbonyl (C=O) groups excluding carboxylic acids is 1. The van der Waals surface area contributed by atoms with E-state index >= 15 is 0 Å². The maximum absolute atomic E-state index is 13.5. The topological polar surface area (TPSA) is 63.4 Å². The van der Waals surface area contributed by atoms with Gasteiger partial charge >= 0.3 is 0 Å². The van der Waals surface area contributed by atoms with Crippen LogP contribution in [-0.2, 0) is 0 Å². The first-order valence-corrected chi connectivity index (χ1v) is 9.19. The Morgan fingerprint density at radius 3 is 2.55 bits per heavy atom. The molecule has 0 radical (unpaired) electrons. The van der Waals surface area contributed by atoms with E-state index in [1.54, 1.807) is 48.7 Å². The summed E-state index contributed by atoms with van der Waals surface area (Å²) >= 11 is 6.06. The van der Waals surface area contributed by atoms with Gasteiger partial charge in [0.25, 0.3) is 5.91 Å². The molecule has 0 fully saturated rings. The molecule has 142 valence electrons. The molecular weight excluding hydrogens is 395 g/mol. The quantitative estimate of drug-likeness (QED) is 0.482. The standard InChI is InChI=1S/C22H12ClFN2O3/c23-13-6-9-16-15(11-13)20(27)18-19(12-4-7-14(24)8-5-12)26(22(28)21(18)29-16)17-3-1-2-10-25-17/h1-11,19H/t19-/m0/s1. The predicted molar refractivity (Wildman–Crippen MR) is 107 cm³/mol. The third kappa shape index (κ3) is 2.72. The van der Waals surface area contributed by atoms with Gasteiger partial charge in [0.05, 0.1) is 17.0 Å². The third-order valence-corrected chi connectivity index (χ3v) is 5.15. The molecule has 0 saturated carbocycles. The van der Waals surface area contributed by atoms with Gasteiger partial charge < -0.3 is 4.42 Å². The number of hydrogen-bond donors (Lipinski definition) is 0. The highest BCUT2D eigenvalue weighted by molar-refractivity contribution is 6.31. The van der Waals surface area contributed by atoms with Crippen molar-refractivity contribution in [2.45, 2.75) is 6.04 Å². The van der Waals surface area contributed by atoms with Gasteiger partial charge in [0.15, 0.2) is 5.43 Å². The van der Waals surface area contributed by atoms with Crippen molar-refractivity contribution < 1.29 is 13.6 Å². The summed E-state index contributed by atoms with van der Waals surface area (Å²) in [4.78, 5) is 32.3. The van der Waals surface area contributed by atoms with E-state index in [1.807, 2.05) is 0 Å². The lowest BCUT2D eigenvalue weighted by molar-refractivity contribution is 0.0970. The van der Waals surface area contributed by atoms with Gasteiger partial charge in [-0.05, 0) is 48.0 Å². The molecule has 0 N–H and O–H groups in total. The zero-order valence-electron chi connectivity index (χ0n) is 14.8. The molecule has 1 atom stereocenters. The van der Waals surface area contributed by atoms with E-state index in [-0.39, 0.29) is 27.7 Å².